The van der Waals surface area contributed by atoms with Crippen molar-refractivity contribution >= 4 is 23.0 Å². The maximum Gasteiger partial charge on any atom is 0.415 e. The van der Waals surface area contributed by atoms with Crippen LogP contribution in [0.5, 0.6) is 5.75 Å². The number of carbonyl (C=O) groups excluding carboxylic acids is 2. The van der Waals surface area contributed by atoms with Crippen LogP contribution in [0.25, 0.3) is 22.3 Å². The molecule has 0 saturated carbocycles. The highest BCUT2D eigenvalue weighted by Gasteiger charge is 2.50. The van der Waals surface area contributed by atoms with Crippen LogP contribution in [0.1, 0.15) is 95.4 Å². The van der Waals surface area contributed by atoms with Gasteiger partial charge in [-0.1, -0.05) is 20.3 Å². The third-order valence-electron chi connectivity index (χ3n) is 10.4. The fourth-order valence-corrected chi connectivity index (χ4v) is 8.15. The van der Waals surface area contributed by atoms with Crippen LogP contribution in [0.2, 0.25) is 0 Å². The number of hydrogen-bond donors (Lipinski definition) is 0. The highest BCUT2D eigenvalue weighted by Crippen LogP contribution is 2.44. The predicted octanol–water partition coefficient (Wildman–Crippen LogP) is 5.91. The van der Waals surface area contributed by atoms with E-state index in [1.807, 2.05) is 50.8 Å². The molecule has 0 unspecified atom stereocenters. The standard InChI is InChI=1S/C37H46N4O6/c1-6-25-26-19-24(46-35(44)40-17-13-23(14-18-40)39-15-9-8-10-16-39)11-12-30(26)38-32-27(25)21-41-31(32)20-29-28(33(41)42)22-45-34(43)37(29,7-2)47-36(3,4)5/h11-12,19-20,23H,6-10,13-18,21-22H2,1-5H3/t37-/m0/s1. The van der Waals surface area contributed by atoms with E-state index in [0.29, 0.717) is 61.1 Å². The maximum absolute atomic E-state index is 14.0. The summed E-state index contributed by atoms with van der Waals surface area (Å²) in [5.74, 6) is 0.0159. The Balaban J connectivity index is 1.19. The Morgan fingerprint density at radius 1 is 1.02 bits per heavy atom. The van der Waals surface area contributed by atoms with Gasteiger partial charge in [-0.2, -0.15) is 0 Å². The van der Waals surface area contributed by atoms with Crippen molar-refractivity contribution in [1.82, 2.24) is 19.4 Å². The lowest BCUT2D eigenvalue weighted by Crippen LogP contribution is -2.49. The Bertz CT molecular complexity index is 1800. The number of carbonyl (C=O) groups is 2. The number of ether oxygens (including phenoxy) is 3. The first-order valence-corrected chi connectivity index (χ1v) is 17.3. The van der Waals surface area contributed by atoms with E-state index < -0.39 is 17.2 Å². The minimum Gasteiger partial charge on any atom is -0.458 e. The van der Waals surface area contributed by atoms with E-state index in [4.69, 9.17) is 19.2 Å². The molecule has 10 heteroatoms. The number of pyridine rings is 2. The van der Waals surface area contributed by atoms with Crippen LogP contribution in [-0.2, 0) is 39.4 Å². The van der Waals surface area contributed by atoms with Gasteiger partial charge in [-0.05, 0) is 102 Å². The Morgan fingerprint density at radius 2 is 1.77 bits per heavy atom. The first-order chi connectivity index (χ1) is 22.5. The van der Waals surface area contributed by atoms with Crippen molar-refractivity contribution in [3.05, 3.63) is 56.9 Å². The number of amides is 1. The van der Waals surface area contributed by atoms with Crippen LogP contribution in [0.3, 0.4) is 0 Å². The molecular weight excluding hydrogens is 596 g/mol. The Kier molecular flexibility index (Phi) is 8.15. The highest BCUT2D eigenvalue weighted by atomic mass is 16.6. The lowest BCUT2D eigenvalue weighted by atomic mass is 9.84. The molecule has 7 rings (SSSR count). The molecule has 0 N–H and O–H groups in total. The van der Waals surface area contributed by atoms with Gasteiger partial charge in [-0.15, -0.1) is 0 Å². The second kappa shape index (κ2) is 12.0. The number of aryl methyl sites for hydroxylation is 1. The molecule has 2 saturated heterocycles. The molecule has 2 fully saturated rings. The molecule has 0 aliphatic carbocycles. The minimum atomic E-state index is -1.38. The molecule has 10 nitrogen and oxygen atoms in total. The highest BCUT2D eigenvalue weighted by molar-refractivity contribution is 5.90. The fourth-order valence-electron chi connectivity index (χ4n) is 8.15. The van der Waals surface area contributed by atoms with Crippen molar-refractivity contribution in [2.75, 3.05) is 26.2 Å². The van der Waals surface area contributed by atoms with E-state index >= 15 is 0 Å². The van der Waals surface area contributed by atoms with E-state index in [0.717, 1.165) is 40.6 Å². The van der Waals surface area contributed by atoms with Crippen LogP contribution in [0, 0.1) is 0 Å². The molecule has 1 aromatic carbocycles. The summed E-state index contributed by atoms with van der Waals surface area (Å²) in [6.45, 7) is 13.7. The SMILES string of the molecule is CCc1c2c(nc3ccc(OC(=O)N4CCC(N5CCCCC5)CC4)cc13)-c1cc3c(c(=O)n1C2)COC(=O)[C@@]3(CC)OC(C)(C)C. The summed E-state index contributed by atoms with van der Waals surface area (Å²) in [6, 6.07) is 8.06. The number of nitrogens with zero attached hydrogens (tertiary/aromatic N) is 4. The normalized spacial score (nSPS) is 21.7. The van der Waals surface area contributed by atoms with Crippen molar-refractivity contribution < 1.29 is 23.8 Å². The molecule has 6 heterocycles. The molecule has 1 atom stereocenters. The second-order valence-corrected chi connectivity index (χ2v) is 14.4. The third-order valence-corrected chi connectivity index (χ3v) is 10.4. The number of esters is 1. The summed E-state index contributed by atoms with van der Waals surface area (Å²) in [5.41, 5.74) is 2.99. The summed E-state index contributed by atoms with van der Waals surface area (Å²) < 4.78 is 19.6. The number of benzene rings is 1. The Hall–Kier alpha value is -3.76. The summed E-state index contributed by atoms with van der Waals surface area (Å²) in [4.78, 5) is 50.0. The molecule has 4 aliphatic rings. The van der Waals surface area contributed by atoms with Gasteiger partial charge in [0.15, 0.2) is 5.60 Å². The van der Waals surface area contributed by atoms with Crippen molar-refractivity contribution in [2.24, 2.45) is 0 Å². The topological polar surface area (TPSA) is 103 Å². The zero-order valence-electron chi connectivity index (χ0n) is 28.3. The first kappa shape index (κ1) is 31.8. The zero-order chi connectivity index (χ0) is 33.1. The lowest BCUT2D eigenvalue weighted by molar-refractivity contribution is -0.200. The zero-order valence-corrected chi connectivity index (χ0v) is 28.3. The van der Waals surface area contributed by atoms with E-state index in [-0.39, 0.29) is 18.3 Å². The van der Waals surface area contributed by atoms with Crippen LogP contribution in [0.15, 0.2) is 29.1 Å². The van der Waals surface area contributed by atoms with Gasteiger partial charge in [-0.3, -0.25) is 4.79 Å². The molecule has 47 heavy (non-hydrogen) atoms. The maximum atomic E-state index is 14.0. The van der Waals surface area contributed by atoms with E-state index in [1.165, 1.54) is 32.4 Å². The Labute approximate surface area is 276 Å². The van der Waals surface area contributed by atoms with E-state index in [9.17, 15) is 14.4 Å². The number of aromatic nitrogens is 2. The molecule has 250 valence electrons. The van der Waals surface area contributed by atoms with Crippen molar-refractivity contribution in [1.29, 1.82) is 0 Å². The molecule has 0 radical (unpaired) electrons. The van der Waals surface area contributed by atoms with E-state index in [2.05, 4.69) is 11.8 Å². The lowest BCUT2D eigenvalue weighted by Gasteiger charge is -2.40. The van der Waals surface area contributed by atoms with Gasteiger partial charge in [0, 0.05) is 35.6 Å². The van der Waals surface area contributed by atoms with Gasteiger partial charge in [0.25, 0.3) is 5.56 Å². The van der Waals surface area contributed by atoms with Crippen LogP contribution in [-0.4, -0.2) is 69.2 Å². The van der Waals surface area contributed by atoms with Crippen LogP contribution >= 0.6 is 0 Å². The average molecular weight is 643 g/mol. The summed E-state index contributed by atoms with van der Waals surface area (Å²) in [7, 11) is 0. The van der Waals surface area contributed by atoms with Gasteiger partial charge in [0.1, 0.15) is 12.4 Å². The molecule has 0 spiro atoms. The van der Waals surface area contributed by atoms with Crippen molar-refractivity contribution in [3.8, 4) is 17.1 Å². The van der Waals surface area contributed by atoms with Gasteiger partial charge in [-0.25, -0.2) is 14.6 Å². The molecule has 3 aromatic rings. The quantitative estimate of drug-likeness (QED) is 0.248. The number of piperidine rings is 2. The minimum absolute atomic E-state index is 0.0838. The molecule has 1 amide bonds. The van der Waals surface area contributed by atoms with E-state index in [1.54, 1.807) is 10.6 Å². The average Bonchev–Trinajstić information content (AvgIpc) is 3.43. The molecule has 2 aromatic heterocycles. The number of likely N-dealkylation sites (tertiary alicyclic amines) is 2. The third kappa shape index (κ3) is 5.53. The number of fused-ring (bicyclic) bond motifs is 5. The summed E-state index contributed by atoms with van der Waals surface area (Å²) in [6.07, 6.45) is 6.55. The van der Waals surface area contributed by atoms with Gasteiger partial charge < -0.3 is 28.6 Å². The summed E-state index contributed by atoms with van der Waals surface area (Å²) in [5, 5.41) is 0.906. The first-order valence-electron chi connectivity index (χ1n) is 17.3. The van der Waals surface area contributed by atoms with Crippen molar-refractivity contribution in [3.63, 3.8) is 0 Å². The summed E-state index contributed by atoms with van der Waals surface area (Å²) >= 11 is 0. The second-order valence-electron chi connectivity index (χ2n) is 14.4. The fraction of sp³-hybridized carbons (Fsp3) is 0.568. The number of rotatable bonds is 5. The molecule has 0 bridgehead atoms. The number of cyclic esters (lactones) is 1. The largest absolute Gasteiger partial charge is 0.458 e. The van der Waals surface area contributed by atoms with Crippen LogP contribution in [0.4, 0.5) is 4.79 Å². The van der Waals surface area contributed by atoms with Gasteiger partial charge in [0.05, 0.1) is 34.6 Å². The molecular formula is C37H46N4O6. The van der Waals surface area contributed by atoms with Crippen LogP contribution < -0.4 is 10.3 Å². The van der Waals surface area contributed by atoms with Gasteiger partial charge in [0.2, 0.25) is 0 Å². The smallest absolute Gasteiger partial charge is 0.415 e. The predicted molar refractivity (Wildman–Crippen MR) is 179 cm³/mol. The Morgan fingerprint density at radius 3 is 2.45 bits per heavy atom. The monoisotopic (exact) mass is 642 g/mol. The number of hydrogen-bond acceptors (Lipinski definition) is 8. The van der Waals surface area contributed by atoms with Gasteiger partial charge >= 0.3 is 12.1 Å². The van der Waals surface area contributed by atoms with Crippen molar-refractivity contribution in [2.45, 2.75) is 110 Å². The molecule has 4 aliphatic heterocycles.